The van der Waals surface area contributed by atoms with Crippen LogP contribution in [0.4, 0.5) is 0 Å². The van der Waals surface area contributed by atoms with Gasteiger partial charge in [-0.2, -0.15) is 0 Å². The quantitative estimate of drug-likeness (QED) is 0.622. The zero-order valence-electron chi connectivity index (χ0n) is 7.26. The second-order valence-electron chi connectivity index (χ2n) is 2.46. The predicted molar refractivity (Wildman–Crippen MR) is 46.0 cm³/mol. The second-order valence-corrected chi connectivity index (χ2v) is 2.46. The number of hydrogen-bond acceptors (Lipinski definition) is 2. The monoisotopic (exact) mass is 163 g/mol. The van der Waals surface area contributed by atoms with Gasteiger partial charge in [-0.1, -0.05) is 19.1 Å². The molecule has 1 radical (unpaired) electrons. The first-order chi connectivity index (χ1) is 5.77. The van der Waals surface area contributed by atoms with Gasteiger partial charge in [0, 0.05) is 0 Å². The lowest BCUT2D eigenvalue weighted by Gasteiger charge is -2.00. The first-order valence-electron chi connectivity index (χ1n) is 3.87. The van der Waals surface area contributed by atoms with Crippen LogP contribution in [-0.4, -0.2) is 13.1 Å². The highest BCUT2D eigenvalue weighted by atomic mass is 16.5. The minimum Gasteiger partial charge on any atom is -0.465 e. The van der Waals surface area contributed by atoms with Crippen LogP contribution in [0.3, 0.4) is 0 Å². The van der Waals surface area contributed by atoms with Gasteiger partial charge in [0.2, 0.25) is 0 Å². The topological polar surface area (TPSA) is 26.3 Å². The molecular formula is C10H11O2. The highest BCUT2D eigenvalue weighted by Crippen LogP contribution is 2.05. The molecule has 0 aliphatic heterocycles. The molecule has 2 heteroatoms. The first kappa shape index (κ1) is 8.78. The first-order valence-corrected chi connectivity index (χ1v) is 3.87. The number of benzene rings is 1. The van der Waals surface area contributed by atoms with E-state index in [1.54, 1.807) is 12.1 Å². The highest BCUT2D eigenvalue weighted by molar-refractivity contribution is 5.89. The zero-order chi connectivity index (χ0) is 8.97. The highest BCUT2D eigenvalue weighted by Gasteiger charge is 2.04. The Morgan fingerprint density at radius 3 is 3.00 bits per heavy atom. The van der Waals surface area contributed by atoms with Crippen molar-refractivity contribution < 1.29 is 9.53 Å². The maximum atomic E-state index is 11.0. The Balaban J connectivity index is 2.93. The molecule has 1 rings (SSSR count). The van der Waals surface area contributed by atoms with Gasteiger partial charge in [0.15, 0.2) is 0 Å². The predicted octanol–water partition coefficient (Wildman–Crippen LogP) is 1.84. The van der Waals surface area contributed by atoms with E-state index in [4.69, 9.17) is 0 Å². The van der Waals surface area contributed by atoms with Crippen LogP contribution >= 0.6 is 0 Å². The fourth-order valence-corrected chi connectivity index (χ4v) is 0.961. The van der Waals surface area contributed by atoms with Crippen LogP contribution < -0.4 is 0 Å². The number of ether oxygens (including phenoxy) is 1. The number of aryl methyl sites for hydroxylation is 1. The number of rotatable bonds is 2. The maximum absolute atomic E-state index is 11.0. The molecule has 2 nitrogen and oxygen atoms in total. The lowest BCUT2D eigenvalue weighted by molar-refractivity contribution is 0.0600. The fourth-order valence-electron chi connectivity index (χ4n) is 0.961. The van der Waals surface area contributed by atoms with Crippen LogP contribution in [0.2, 0.25) is 0 Å². The van der Waals surface area contributed by atoms with E-state index in [0.717, 1.165) is 12.0 Å². The van der Waals surface area contributed by atoms with Crippen molar-refractivity contribution in [3.05, 3.63) is 35.4 Å². The average Bonchev–Trinajstić information content (AvgIpc) is 2.17. The summed E-state index contributed by atoms with van der Waals surface area (Å²) >= 11 is 0. The van der Waals surface area contributed by atoms with E-state index in [-0.39, 0.29) is 5.97 Å². The Morgan fingerprint density at radius 2 is 2.42 bits per heavy atom. The van der Waals surface area contributed by atoms with Crippen LogP contribution in [0.25, 0.3) is 0 Å². The van der Waals surface area contributed by atoms with E-state index >= 15 is 0 Å². The van der Waals surface area contributed by atoms with E-state index in [2.05, 4.69) is 10.8 Å². The smallest absolute Gasteiger partial charge is 0.338 e. The standard InChI is InChI=1S/C10H11O2/c1-3-8-5-4-6-9(7-8)10(11)12-2/h4-5,7H,3H2,1-2H3. The molecule has 1 aromatic carbocycles. The summed E-state index contributed by atoms with van der Waals surface area (Å²) in [6, 6.07) is 8.29. The summed E-state index contributed by atoms with van der Waals surface area (Å²) < 4.78 is 4.57. The number of esters is 1. The molecule has 0 aliphatic carbocycles. The third-order valence-electron chi connectivity index (χ3n) is 1.68. The molecule has 0 saturated heterocycles. The Morgan fingerprint density at radius 1 is 1.67 bits per heavy atom. The molecule has 0 spiro atoms. The van der Waals surface area contributed by atoms with Crippen LogP contribution in [0.15, 0.2) is 18.2 Å². The Bertz CT molecular complexity index is 279. The molecule has 0 heterocycles. The van der Waals surface area contributed by atoms with Crippen molar-refractivity contribution in [2.24, 2.45) is 0 Å². The summed E-state index contributed by atoms with van der Waals surface area (Å²) in [7, 11) is 1.37. The van der Waals surface area contributed by atoms with E-state index < -0.39 is 0 Å². The molecule has 0 fully saturated rings. The second kappa shape index (κ2) is 3.90. The molecule has 0 bridgehead atoms. The molecule has 0 aromatic heterocycles. The van der Waals surface area contributed by atoms with E-state index in [0.29, 0.717) is 5.56 Å². The Hall–Kier alpha value is -1.31. The van der Waals surface area contributed by atoms with E-state index in [1.807, 2.05) is 13.0 Å². The number of carbonyl (C=O) groups is 1. The number of carbonyl (C=O) groups excluding carboxylic acids is 1. The molecule has 0 atom stereocenters. The van der Waals surface area contributed by atoms with Gasteiger partial charge in [0.25, 0.3) is 0 Å². The molecule has 0 saturated carbocycles. The lowest BCUT2D eigenvalue weighted by atomic mass is 10.1. The summed E-state index contributed by atoms with van der Waals surface area (Å²) in [5.41, 5.74) is 1.62. The van der Waals surface area contributed by atoms with Gasteiger partial charge in [-0.3, -0.25) is 0 Å². The molecule has 12 heavy (non-hydrogen) atoms. The Labute approximate surface area is 72.2 Å². The van der Waals surface area contributed by atoms with Gasteiger partial charge < -0.3 is 4.74 Å². The van der Waals surface area contributed by atoms with Crippen molar-refractivity contribution in [2.45, 2.75) is 13.3 Å². The third-order valence-corrected chi connectivity index (χ3v) is 1.68. The van der Waals surface area contributed by atoms with Gasteiger partial charge in [0.1, 0.15) is 0 Å². The molecule has 0 aliphatic rings. The normalized spacial score (nSPS) is 9.50. The van der Waals surface area contributed by atoms with Crippen LogP contribution in [0.5, 0.6) is 0 Å². The summed E-state index contributed by atoms with van der Waals surface area (Å²) in [6.45, 7) is 2.04. The minimum absolute atomic E-state index is 0.328. The average molecular weight is 163 g/mol. The number of hydrogen-bond donors (Lipinski definition) is 0. The SMILES string of the molecule is CCc1cc[c]c(C(=O)OC)c1. The maximum Gasteiger partial charge on any atom is 0.338 e. The third kappa shape index (κ3) is 1.84. The lowest BCUT2D eigenvalue weighted by Crippen LogP contribution is -2.01. The van der Waals surface area contributed by atoms with Gasteiger partial charge in [-0.15, -0.1) is 0 Å². The van der Waals surface area contributed by atoms with Crippen molar-refractivity contribution in [1.82, 2.24) is 0 Å². The summed E-state index contributed by atoms with van der Waals surface area (Å²) in [5.74, 6) is -0.328. The van der Waals surface area contributed by atoms with E-state index in [1.165, 1.54) is 7.11 Å². The minimum atomic E-state index is -0.328. The van der Waals surface area contributed by atoms with Crippen molar-refractivity contribution in [3.8, 4) is 0 Å². The van der Waals surface area contributed by atoms with Crippen molar-refractivity contribution in [3.63, 3.8) is 0 Å². The molecule has 63 valence electrons. The zero-order valence-corrected chi connectivity index (χ0v) is 7.26. The number of methoxy groups -OCH3 is 1. The molecule has 0 amide bonds. The largest absolute Gasteiger partial charge is 0.465 e. The van der Waals surface area contributed by atoms with E-state index in [9.17, 15) is 4.79 Å². The summed E-state index contributed by atoms with van der Waals surface area (Å²) in [5, 5.41) is 0. The van der Waals surface area contributed by atoms with Gasteiger partial charge in [-0.05, 0) is 24.1 Å². The van der Waals surface area contributed by atoms with Crippen LogP contribution in [-0.2, 0) is 11.2 Å². The summed E-state index contributed by atoms with van der Waals surface area (Å²) in [6.07, 6.45) is 0.915. The molecule has 0 N–H and O–H groups in total. The Kier molecular flexibility index (Phi) is 2.86. The van der Waals surface area contributed by atoms with Crippen LogP contribution in [0.1, 0.15) is 22.8 Å². The molecule has 1 aromatic rings. The van der Waals surface area contributed by atoms with Gasteiger partial charge in [-0.25, -0.2) is 4.79 Å². The van der Waals surface area contributed by atoms with Crippen molar-refractivity contribution >= 4 is 5.97 Å². The fraction of sp³-hybridized carbons (Fsp3) is 0.300. The van der Waals surface area contributed by atoms with Crippen molar-refractivity contribution in [2.75, 3.05) is 7.11 Å². The van der Waals surface area contributed by atoms with Gasteiger partial charge in [0.05, 0.1) is 12.7 Å². The van der Waals surface area contributed by atoms with Gasteiger partial charge >= 0.3 is 5.97 Å². The molecular weight excluding hydrogens is 152 g/mol. The van der Waals surface area contributed by atoms with Crippen LogP contribution in [0, 0.1) is 6.07 Å². The molecule has 0 unspecified atom stereocenters. The summed E-state index contributed by atoms with van der Waals surface area (Å²) in [4.78, 5) is 11.0. The van der Waals surface area contributed by atoms with Crippen molar-refractivity contribution in [1.29, 1.82) is 0 Å².